The van der Waals surface area contributed by atoms with Crippen LogP contribution in [0.5, 0.6) is 5.75 Å². The number of benzene rings is 1. The topological polar surface area (TPSA) is 78.5 Å². The summed E-state index contributed by atoms with van der Waals surface area (Å²) in [6.07, 6.45) is 1.61. The van der Waals surface area contributed by atoms with Crippen LogP contribution in [0.15, 0.2) is 16.9 Å². The molecule has 2 N–H and O–H groups in total. The van der Waals surface area contributed by atoms with Gasteiger partial charge in [-0.15, -0.1) is 0 Å². The van der Waals surface area contributed by atoms with E-state index < -0.39 is 11.7 Å². The number of hydrogen-bond acceptors (Lipinski definition) is 5. The van der Waals surface area contributed by atoms with E-state index in [0.29, 0.717) is 22.5 Å². The Bertz CT molecular complexity index is 852. The fourth-order valence-corrected chi connectivity index (χ4v) is 3.93. The van der Waals surface area contributed by atoms with Gasteiger partial charge >= 0.3 is 0 Å². The highest BCUT2D eigenvalue weighted by Gasteiger charge is 2.46. The molecule has 0 spiro atoms. The highest BCUT2D eigenvalue weighted by Crippen LogP contribution is 2.44. The van der Waals surface area contributed by atoms with Crippen LogP contribution in [0.25, 0.3) is 10.9 Å². The smallest absolute Gasteiger partial charge is 0.258 e. The van der Waals surface area contributed by atoms with Gasteiger partial charge in [-0.2, -0.15) is 0 Å². The highest BCUT2D eigenvalue weighted by molar-refractivity contribution is 5.81. The maximum absolute atomic E-state index is 12.3. The van der Waals surface area contributed by atoms with Crippen molar-refractivity contribution in [1.29, 1.82) is 0 Å². The average Bonchev–Trinajstić information content (AvgIpc) is 3.01. The minimum Gasteiger partial charge on any atom is -0.485 e. The van der Waals surface area contributed by atoms with E-state index in [9.17, 15) is 9.90 Å². The van der Waals surface area contributed by atoms with Gasteiger partial charge in [0, 0.05) is 11.6 Å². The summed E-state index contributed by atoms with van der Waals surface area (Å²) in [7, 11) is 0. The molecule has 2 aliphatic heterocycles. The van der Waals surface area contributed by atoms with Crippen molar-refractivity contribution < 1.29 is 9.84 Å². The molecule has 0 aliphatic carbocycles. The Balaban J connectivity index is 1.94. The molecule has 2 unspecified atom stereocenters. The summed E-state index contributed by atoms with van der Waals surface area (Å²) in [5.74, 6) is 1.30. The molecule has 4 rings (SSSR count). The maximum Gasteiger partial charge on any atom is 0.258 e. The normalized spacial score (nSPS) is 26.3. The number of aliphatic hydroxyl groups is 1. The van der Waals surface area contributed by atoms with Crippen LogP contribution in [0.3, 0.4) is 0 Å². The van der Waals surface area contributed by atoms with E-state index >= 15 is 0 Å². The molecule has 128 valence electrons. The van der Waals surface area contributed by atoms with E-state index in [4.69, 9.17) is 4.74 Å². The summed E-state index contributed by atoms with van der Waals surface area (Å²) in [6.45, 7) is 7.49. The molecular weight excluding hydrogens is 306 g/mol. The van der Waals surface area contributed by atoms with Gasteiger partial charge < -0.3 is 14.8 Å². The molecule has 1 aromatic heterocycles. The lowest BCUT2D eigenvalue weighted by Gasteiger charge is -2.45. The first-order chi connectivity index (χ1) is 11.4. The summed E-state index contributed by atoms with van der Waals surface area (Å²) in [4.78, 5) is 21.8. The van der Waals surface area contributed by atoms with Gasteiger partial charge in [-0.05, 0) is 52.8 Å². The summed E-state index contributed by atoms with van der Waals surface area (Å²) >= 11 is 0. The van der Waals surface area contributed by atoms with E-state index in [1.54, 1.807) is 6.92 Å². The Labute approximate surface area is 140 Å². The Kier molecular flexibility index (Phi) is 3.44. The summed E-state index contributed by atoms with van der Waals surface area (Å²) in [6, 6.07) is 3.53. The molecule has 2 aliphatic rings. The molecule has 2 atom stereocenters. The Morgan fingerprint density at radius 1 is 1.33 bits per heavy atom. The number of likely N-dealkylation sites (tertiary alicyclic amines) is 1. The Morgan fingerprint density at radius 3 is 2.75 bits per heavy atom. The Morgan fingerprint density at radius 2 is 2.04 bits per heavy atom. The predicted octanol–water partition coefficient (Wildman–Crippen LogP) is 1.90. The van der Waals surface area contributed by atoms with E-state index in [0.717, 1.165) is 31.5 Å². The molecule has 0 bridgehead atoms. The maximum atomic E-state index is 12.3. The lowest BCUT2D eigenvalue weighted by Crippen LogP contribution is -2.53. The van der Waals surface area contributed by atoms with Gasteiger partial charge in [0.05, 0.1) is 16.9 Å². The van der Waals surface area contributed by atoms with Gasteiger partial charge in [0.1, 0.15) is 23.3 Å². The van der Waals surface area contributed by atoms with Gasteiger partial charge in [-0.25, -0.2) is 4.98 Å². The van der Waals surface area contributed by atoms with Crippen LogP contribution in [-0.4, -0.2) is 44.8 Å². The van der Waals surface area contributed by atoms with Gasteiger partial charge in [-0.1, -0.05) is 0 Å². The molecule has 0 saturated carbocycles. The highest BCUT2D eigenvalue weighted by atomic mass is 16.5. The fourth-order valence-electron chi connectivity index (χ4n) is 3.93. The number of aryl methyl sites for hydroxylation is 1. The predicted molar refractivity (Wildman–Crippen MR) is 91.4 cm³/mol. The number of ether oxygens (including phenoxy) is 1. The number of H-pyrrole nitrogens is 1. The van der Waals surface area contributed by atoms with E-state index in [1.807, 2.05) is 26.0 Å². The second-order valence-electron chi connectivity index (χ2n) is 7.40. The lowest BCUT2D eigenvalue weighted by molar-refractivity contribution is -0.0894. The third-order valence-electron chi connectivity index (χ3n) is 5.19. The molecule has 6 nitrogen and oxygen atoms in total. The quantitative estimate of drug-likeness (QED) is 0.835. The number of rotatable bonds is 1. The zero-order valence-electron chi connectivity index (χ0n) is 14.3. The largest absolute Gasteiger partial charge is 0.485 e. The SMILES string of the molecule is Cc1nc2cc3c(cc2c(=O)[nH]1)C(N1CCCC1)C(O)C(C)(C)O3. The van der Waals surface area contributed by atoms with Crippen LogP contribution >= 0.6 is 0 Å². The summed E-state index contributed by atoms with van der Waals surface area (Å²) in [5.41, 5.74) is 0.666. The summed E-state index contributed by atoms with van der Waals surface area (Å²) in [5, 5.41) is 11.5. The number of nitrogens with zero attached hydrogens (tertiary/aromatic N) is 2. The second-order valence-corrected chi connectivity index (χ2v) is 7.40. The van der Waals surface area contributed by atoms with Crippen LogP contribution in [0.4, 0.5) is 0 Å². The van der Waals surface area contributed by atoms with Gasteiger partial charge in [-0.3, -0.25) is 9.69 Å². The zero-order chi connectivity index (χ0) is 17.1. The molecule has 24 heavy (non-hydrogen) atoms. The third-order valence-corrected chi connectivity index (χ3v) is 5.19. The average molecular weight is 329 g/mol. The fraction of sp³-hybridized carbons (Fsp3) is 0.556. The Hall–Kier alpha value is -1.92. The number of aliphatic hydroxyl groups excluding tert-OH is 1. The zero-order valence-corrected chi connectivity index (χ0v) is 14.3. The number of aromatic nitrogens is 2. The van der Waals surface area contributed by atoms with E-state index in [-0.39, 0.29) is 11.6 Å². The lowest BCUT2D eigenvalue weighted by atomic mass is 9.85. The number of aromatic amines is 1. The van der Waals surface area contributed by atoms with Crippen molar-refractivity contribution in [3.8, 4) is 5.75 Å². The van der Waals surface area contributed by atoms with Gasteiger partial charge in [0.2, 0.25) is 0 Å². The molecule has 0 amide bonds. The monoisotopic (exact) mass is 329 g/mol. The van der Waals surface area contributed by atoms with Crippen molar-refractivity contribution in [2.24, 2.45) is 0 Å². The van der Waals surface area contributed by atoms with Crippen molar-refractivity contribution in [2.75, 3.05) is 13.1 Å². The van der Waals surface area contributed by atoms with Gasteiger partial charge in [0.25, 0.3) is 5.56 Å². The molecule has 1 saturated heterocycles. The number of hydrogen-bond donors (Lipinski definition) is 2. The number of fused-ring (bicyclic) bond motifs is 2. The molecule has 6 heteroatoms. The van der Waals surface area contributed by atoms with Crippen molar-refractivity contribution in [3.63, 3.8) is 0 Å². The van der Waals surface area contributed by atoms with Crippen molar-refractivity contribution >= 4 is 10.9 Å². The molecule has 0 radical (unpaired) electrons. The van der Waals surface area contributed by atoms with Crippen LogP contribution in [0, 0.1) is 6.92 Å². The number of nitrogens with one attached hydrogen (secondary N) is 1. The van der Waals surface area contributed by atoms with Crippen LogP contribution < -0.4 is 10.3 Å². The standard InChI is InChI=1S/C18H23N3O3/c1-10-19-13-9-14-12(8-11(13)17(23)20-10)15(21-6-4-5-7-21)16(22)18(2,3)24-14/h8-9,15-16,22H,4-7H2,1-3H3,(H,19,20,23). The van der Waals surface area contributed by atoms with Crippen LogP contribution in [-0.2, 0) is 0 Å². The van der Waals surface area contributed by atoms with E-state index in [1.165, 1.54) is 0 Å². The molecular formula is C18H23N3O3. The third kappa shape index (κ3) is 2.32. The minimum absolute atomic E-state index is 0.153. The molecule has 2 aromatic rings. The summed E-state index contributed by atoms with van der Waals surface area (Å²) < 4.78 is 6.08. The van der Waals surface area contributed by atoms with Crippen molar-refractivity contribution in [3.05, 3.63) is 33.9 Å². The molecule has 1 aromatic carbocycles. The minimum atomic E-state index is -0.690. The first kappa shape index (κ1) is 15.6. The van der Waals surface area contributed by atoms with Crippen LogP contribution in [0.2, 0.25) is 0 Å². The van der Waals surface area contributed by atoms with E-state index in [2.05, 4.69) is 14.9 Å². The van der Waals surface area contributed by atoms with Crippen LogP contribution in [0.1, 0.15) is 44.1 Å². The second kappa shape index (κ2) is 5.29. The molecule has 3 heterocycles. The van der Waals surface area contributed by atoms with Crippen molar-refractivity contribution in [2.45, 2.75) is 51.4 Å². The molecule has 1 fully saturated rings. The van der Waals surface area contributed by atoms with Gasteiger partial charge in [0.15, 0.2) is 0 Å². The first-order valence-corrected chi connectivity index (χ1v) is 8.52. The van der Waals surface area contributed by atoms with Crippen molar-refractivity contribution in [1.82, 2.24) is 14.9 Å². The first-order valence-electron chi connectivity index (χ1n) is 8.52.